The molecule has 0 bridgehead atoms. The molecule has 0 saturated carbocycles. The summed E-state index contributed by atoms with van der Waals surface area (Å²) in [6, 6.07) is 8.66. The molecule has 3 rings (SSSR count). The Morgan fingerprint density at radius 2 is 2.19 bits per heavy atom. The molecule has 1 amide bonds. The first kappa shape index (κ1) is 13.0. The SMILES string of the molecule is CNC(=O)c1cccc(Oc2cc(C)nc3ncnn23)c1. The zero-order valence-corrected chi connectivity index (χ0v) is 11.6. The zero-order chi connectivity index (χ0) is 14.8. The van der Waals surface area contributed by atoms with Gasteiger partial charge in [-0.3, -0.25) is 4.79 Å². The lowest BCUT2D eigenvalue weighted by molar-refractivity contribution is 0.0963. The van der Waals surface area contributed by atoms with Gasteiger partial charge >= 0.3 is 0 Å². The minimum Gasteiger partial charge on any atom is -0.439 e. The third-order valence-electron chi connectivity index (χ3n) is 2.89. The van der Waals surface area contributed by atoms with E-state index in [1.165, 1.54) is 10.8 Å². The van der Waals surface area contributed by atoms with Crippen molar-refractivity contribution in [2.45, 2.75) is 6.92 Å². The summed E-state index contributed by atoms with van der Waals surface area (Å²) in [6.45, 7) is 1.85. The molecule has 0 aliphatic heterocycles. The molecule has 0 radical (unpaired) electrons. The standard InChI is InChI=1S/C14H13N5O2/c1-9-6-12(19-14(18-9)16-8-17-19)21-11-5-3-4-10(7-11)13(20)15-2/h3-8H,1-2H3,(H,15,20). The molecule has 2 heterocycles. The van der Waals surface area contributed by atoms with Crippen LogP contribution in [-0.4, -0.2) is 32.5 Å². The molecule has 2 aromatic heterocycles. The van der Waals surface area contributed by atoms with Gasteiger partial charge in [0.05, 0.1) is 0 Å². The monoisotopic (exact) mass is 283 g/mol. The molecule has 0 spiro atoms. The van der Waals surface area contributed by atoms with E-state index in [0.717, 1.165) is 5.69 Å². The fourth-order valence-corrected chi connectivity index (χ4v) is 1.94. The Bertz CT molecular complexity index is 812. The zero-order valence-electron chi connectivity index (χ0n) is 11.6. The van der Waals surface area contributed by atoms with Crippen LogP contribution in [0.3, 0.4) is 0 Å². The number of nitrogens with zero attached hydrogens (tertiary/aromatic N) is 4. The summed E-state index contributed by atoms with van der Waals surface area (Å²) in [4.78, 5) is 19.9. The van der Waals surface area contributed by atoms with Gasteiger partial charge in [0.1, 0.15) is 12.1 Å². The molecule has 1 aromatic carbocycles. The Morgan fingerprint density at radius 1 is 1.33 bits per heavy atom. The summed E-state index contributed by atoms with van der Waals surface area (Å²) < 4.78 is 7.31. The lowest BCUT2D eigenvalue weighted by atomic mass is 10.2. The number of rotatable bonds is 3. The van der Waals surface area contributed by atoms with E-state index < -0.39 is 0 Å². The highest BCUT2D eigenvalue weighted by molar-refractivity contribution is 5.94. The maximum atomic E-state index is 11.6. The van der Waals surface area contributed by atoms with Gasteiger partial charge in [0, 0.05) is 24.4 Å². The van der Waals surface area contributed by atoms with Crippen LogP contribution < -0.4 is 10.1 Å². The van der Waals surface area contributed by atoms with Gasteiger partial charge in [0.15, 0.2) is 0 Å². The number of fused-ring (bicyclic) bond motifs is 1. The molecule has 0 aliphatic carbocycles. The first-order chi connectivity index (χ1) is 10.2. The van der Waals surface area contributed by atoms with Crippen LogP contribution in [0.1, 0.15) is 16.1 Å². The highest BCUT2D eigenvalue weighted by Gasteiger charge is 2.09. The average molecular weight is 283 g/mol. The highest BCUT2D eigenvalue weighted by atomic mass is 16.5. The number of hydrogen-bond acceptors (Lipinski definition) is 5. The molecule has 21 heavy (non-hydrogen) atoms. The maximum Gasteiger partial charge on any atom is 0.255 e. The largest absolute Gasteiger partial charge is 0.439 e. The molecule has 1 N–H and O–H groups in total. The molecule has 7 nitrogen and oxygen atoms in total. The third kappa shape index (κ3) is 2.53. The average Bonchev–Trinajstić information content (AvgIpc) is 2.95. The molecule has 0 atom stereocenters. The van der Waals surface area contributed by atoms with Gasteiger partial charge in [-0.05, 0) is 25.1 Å². The molecule has 7 heteroatoms. The molecule has 106 valence electrons. The van der Waals surface area contributed by atoms with Crippen molar-refractivity contribution in [2.75, 3.05) is 7.05 Å². The van der Waals surface area contributed by atoms with E-state index >= 15 is 0 Å². The van der Waals surface area contributed by atoms with Gasteiger partial charge in [-0.15, -0.1) is 0 Å². The van der Waals surface area contributed by atoms with Crippen LogP contribution in [0.25, 0.3) is 5.78 Å². The van der Waals surface area contributed by atoms with E-state index in [1.807, 2.05) is 6.92 Å². The van der Waals surface area contributed by atoms with Crippen LogP contribution in [0.2, 0.25) is 0 Å². The highest BCUT2D eigenvalue weighted by Crippen LogP contribution is 2.22. The van der Waals surface area contributed by atoms with Crippen LogP contribution in [0, 0.1) is 6.92 Å². The number of amides is 1. The quantitative estimate of drug-likeness (QED) is 0.789. The van der Waals surface area contributed by atoms with Crippen molar-refractivity contribution in [2.24, 2.45) is 0 Å². The first-order valence-corrected chi connectivity index (χ1v) is 6.35. The number of carbonyl (C=O) groups excluding carboxylic acids is 1. The van der Waals surface area contributed by atoms with E-state index in [4.69, 9.17) is 4.74 Å². The van der Waals surface area contributed by atoms with Crippen molar-refractivity contribution < 1.29 is 9.53 Å². The Kier molecular flexibility index (Phi) is 3.23. The summed E-state index contributed by atoms with van der Waals surface area (Å²) in [7, 11) is 1.58. The molecular weight excluding hydrogens is 270 g/mol. The van der Waals surface area contributed by atoms with Gasteiger partial charge in [0.25, 0.3) is 11.7 Å². The smallest absolute Gasteiger partial charge is 0.255 e. The fourth-order valence-electron chi connectivity index (χ4n) is 1.94. The fraction of sp³-hybridized carbons (Fsp3) is 0.143. The Balaban J connectivity index is 1.99. The number of nitrogens with one attached hydrogen (secondary N) is 1. The Hall–Kier alpha value is -2.96. The lowest BCUT2D eigenvalue weighted by Crippen LogP contribution is -2.17. The number of aryl methyl sites for hydroxylation is 1. The van der Waals surface area contributed by atoms with Crippen LogP contribution >= 0.6 is 0 Å². The van der Waals surface area contributed by atoms with Crippen molar-refractivity contribution in [3.8, 4) is 11.6 Å². The van der Waals surface area contributed by atoms with Gasteiger partial charge < -0.3 is 10.1 Å². The number of carbonyl (C=O) groups is 1. The lowest BCUT2D eigenvalue weighted by Gasteiger charge is -2.08. The Morgan fingerprint density at radius 3 is 3.00 bits per heavy atom. The summed E-state index contributed by atoms with van der Waals surface area (Å²) >= 11 is 0. The van der Waals surface area contributed by atoms with Crippen LogP contribution in [-0.2, 0) is 0 Å². The summed E-state index contributed by atoms with van der Waals surface area (Å²) in [6.07, 6.45) is 1.41. The number of aromatic nitrogens is 4. The predicted octanol–water partition coefficient (Wildman–Crippen LogP) is 1.58. The normalized spacial score (nSPS) is 10.6. The van der Waals surface area contributed by atoms with Crippen LogP contribution in [0.4, 0.5) is 0 Å². The molecule has 0 fully saturated rings. The second-order valence-corrected chi connectivity index (χ2v) is 4.42. The topological polar surface area (TPSA) is 81.4 Å². The van der Waals surface area contributed by atoms with Gasteiger partial charge in [-0.25, -0.2) is 4.98 Å². The van der Waals surface area contributed by atoms with Crippen LogP contribution in [0.15, 0.2) is 36.7 Å². The van der Waals surface area contributed by atoms with E-state index in [2.05, 4.69) is 20.4 Å². The van der Waals surface area contributed by atoms with Crippen molar-refractivity contribution in [1.29, 1.82) is 0 Å². The number of ether oxygens (including phenoxy) is 1. The van der Waals surface area contributed by atoms with Gasteiger partial charge in [0.2, 0.25) is 5.88 Å². The summed E-state index contributed by atoms with van der Waals surface area (Å²) in [5, 5.41) is 6.64. The minimum atomic E-state index is -0.169. The van der Waals surface area contributed by atoms with Crippen molar-refractivity contribution >= 4 is 11.7 Å². The summed E-state index contributed by atoms with van der Waals surface area (Å²) in [5.41, 5.74) is 1.29. The molecule has 0 unspecified atom stereocenters. The van der Waals surface area contributed by atoms with Gasteiger partial charge in [-0.1, -0.05) is 6.07 Å². The van der Waals surface area contributed by atoms with Gasteiger partial charge in [-0.2, -0.15) is 14.6 Å². The van der Waals surface area contributed by atoms with E-state index in [-0.39, 0.29) is 5.91 Å². The Labute approximate surface area is 120 Å². The van der Waals surface area contributed by atoms with E-state index in [0.29, 0.717) is 23.0 Å². The van der Waals surface area contributed by atoms with E-state index in [1.54, 1.807) is 37.4 Å². The second-order valence-electron chi connectivity index (χ2n) is 4.42. The molecule has 3 aromatic rings. The van der Waals surface area contributed by atoms with Crippen molar-refractivity contribution in [1.82, 2.24) is 24.9 Å². The maximum absolute atomic E-state index is 11.6. The molecule has 0 saturated heterocycles. The summed E-state index contributed by atoms with van der Waals surface area (Å²) in [5.74, 6) is 1.33. The number of hydrogen-bond donors (Lipinski definition) is 1. The number of benzene rings is 1. The van der Waals surface area contributed by atoms with Crippen molar-refractivity contribution in [3.63, 3.8) is 0 Å². The van der Waals surface area contributed by atoms with E-state index in [9.17, 15) is 4.79 Å². The van der Waals surface area contributed by atoms with Crippen molar-refractivity contribution in [3.05, 3.63) is 47.9 Å². The van der Waals surface area contributed by atoms with Crippen LogP contribution in [0.5, 0.6) is 11.6 Å². The minimum absolute atomic E-state index is 0.169. The predicted molar refractivity (Wildman–Crippen MR) is 75.4 cm³/mol. The third-order valence-corrected chi connectivity index (χ3v) is 2.89. The molecular formula is C14H13N5O2. The first-order valence-electron chi connectivity index (χ1n) is 6.35. The second kappa shape index (κ2) is 5.20. The molecule has 0 aliphatic rings.